The molecule has 0 unspecified atom stereocenters. The Labute approximate surface area is 77.6 Å². The van der Waals surface area contributed by atoms with Crippen molar-refractivity contribution in [3.63, 3.8) is 0 Å². The maximum atomic E-state index is 11.0. The molecule has 13 heavy (non-hydrogen) atoms. The number of nitrogens with zero attached hydrogens (tertiary/aromatic N) is 1. The molecular weight excluding hydrogens is 168 g/mol. The maximum Gasteiger partial charge on any atom is 0.246 e. The molecule has 4 heteroatoms. The van der Waals surface area contributed by atoms with Gasteiger partial charge in [0.1, 0.15) is 0 Å². The van der Waals surface area contributed by atoms with Crippen molar-refractivity contribution >= 4 is 11.8 Å². The van der Waals surface area contributed by atoms with Crippen LogP contribution in [0.4, 0.5) is 0 Å². The second-order valence-electron chi connectivity index (χ2n) is 3.07. The number of nitrogens with one attached hydrogen (secondary N) is 1. The summed E-state index contributed by atoms with van der Waals surface area (Å²) in [6.07, 6.45) is 1.78. The predicted molar refractivity (Wildman–Crippen MR) is 49.0 cm³/mol. The molecule has 0 aromatic rings. The minimum Gasteiger partial charge on any atom is -0.350 e. The summed E-state index contributed by atoms with van der Waals surface area (Å²) in [6, 6.07) is 0.136. The van der Waals surface area contributed by atoms with E-state index in [0.717, 1.165) is 0 Å². The molecule has 0 bridgehead atoms. The van der Waals surface area contributed by atoms with Gasteiger partial charge in [-0.3, -0.25) is 9.59 Å². The molecule has 0 radical (unpaired) electrons. The number of amides is 2. The summed E-state index contributed by atoms with van der Waals surface area (Å²) in [5.74, 6) is -0.0299. The Morgan fingerprint density at radius 1 is 1.62 bits per heavy atom. The van der Waals surface area contributed by atoms with Crippen LogP contribution in [0.3, 0.4) is 0 Å². The summed E-state index contributed by atoms with van der Waals surface area (Å²) < 4.78 is 0. The first kappa shape index (κ1) is 9.77. The summed E-state index contributed by atoms with van der Waals surface area (Å²) in [5, 5.41) is 2.81. The van der Waals surface area contributed by atoms with Crippen molar-refractivity contribution in [3.05, 3.63) is 12.7 Å². The summed E-state index contributed by atoms with van der Waals surface area (Å²) in [5.41, 5.74) is 0. The van der Waals surface area contributed by atoms with Crippen LogP contribution in [0.2, 0.25) is 0 Å². The smallest absolute Gasteiger partial charge is 0.246 e. The Kier molecular flexibility index (Phi) is 3.06. The first-order chi connectivity index (χ1) is 6.17. The van der Waals surface area contributed by atoms with Crippen molar-refractivity contribution < 1.29 is 9.59 Å². The van der Waals surface area contributed by atoms with Crippen molar-refractivity contribution in [1.82, 2.24) is 10.2 Å². The Hall–Kier alpha value is -1.32. The number of hydrogen-bond acceptors (Lipinski definition) is 2. The van der Waals surface area contributed by atoms with Gasteiger partial charge in [-0.15, -0.1) is 0 Å². The van der Waals surface area contributed by atoms with Gasteiger partial charge in [0.05, 0.1) is 6.04 Å². The Bertz CT molecular complexity index is 232. The van der Waals surface area contributed by atoms with E-state index in [2.05, 4.69) is 11.9 Å². The number of hydrogen-bond donors (Lipinski definition) is 1. The van der Waals surface area contributed by atoms with Crippen molar-refractivity contribution in [2.45, 2.75) is 19.4 Å². The van der Waals surface area contributed by atoms with Gasteiger partial charge in [-0.05, 0) is 6.08 Å². The van der Waals surface area contributed by atoms with Crippen LogP contribution in [0.5, 0.6) is 0 Å². The number of carbonyl (C=O) groups is 2. The summed E-state index contributed by atoms with van der Waals surface area (Å²) in [6.45, 7) is 6.41. The lowest BCUT2D eigenvalue weighted by atomic mass is 10.1. The molecule has 0 aromatic carbocycles. The van der Waals surface area contributed by atoms with Gasteiger partial charge in [0, 0.05) is 19.5 Å². The van der Waals surface area contributed by atoms with E-state index in [4.69, 9.17) is 0 Å². The summed E-state index contributed by atoms with van der Waals surface area (Å²) in [4.78, 5) is 23.6. The minimum absolute atomic E-state index is 0.0377. The van der Waals surface area contributed by atoms with Gasteiger partial charge < -0.3 is 10.2 Å². The average molecular weight is 182 g/mol. The molecule has 72 valence electrons. The van der Waals surface area contributed by atoms with Gasteiger partial charge in [-0.25, -0.2) is 0 Å². The summed E-state index contributed by atoms with van der Waals surface area (Å²) in [7, 11) is 0. The third-order valence-electron chi connectivity index (χ3n) is 2.05. The highest BCUT2D eigenvalue weighted by Crippen LogP contribution is 2.08. The third-order valence-corrected chi connectivity index (χ3v) is 2.05. The zero-order valence-corrected chi connectivity index (χ0v) is 7.75. The Morgan fingerprint density at radius 2 is 2.23 bits per heavy atom. The first-order valence-electron chi connectivity index (χ1n) is 4.38. The zero-order valence-electron chi connectivity index (χ0n) is 7.75. The van der Waals surface area contributed by atoms with Crippen LogP contribution in [0.15, 0.2) is 12.7 Å². The predicted octanol–water partition coefficient (Wildman–Crippen LogP) is -0.0906. The Morgan fingerprint density at radius 3 is 2.69 bits per heavy atom. The molecule has 0 aliphatic carbocycles. The monoisotopic (exact) mass is 182 g/mol. The van der Waals surface area contributed by atoms with Gasteiger partial charge in [-0.2, -0.15) is 0 Å². The highest BCUT2D eigenvalue weighted by Gasteiger charge is 2.29. The van der Waals surface area contributed by atoms with Crippen molar-refractivity contribution in [2.24, 2.45) is 0 Å². The molecule has 1 rings (SSSR count). The van der Waals surface area contributed by atoms with Crippen LogP contribution in [-0.4, -0.2) is 35.8 Å². The fourth-order valence-corrected chi connectivity index (χ4v) is 1.21. The van der Waals surface area contributed by atoms with Gasteiger partial charge in [0.25, 0.3) is 0 Å². The molecule has 1 aliphatic heterocycles. The SMILES string of the molecule is C=CC(=O)N1CC(NC(=O)CC)C1. The number of carbonyl (C=O) groups excluding carboxylic acids is 2. The van der Waals surface area contributed by atoms with E-state index >= 15 is 0 Å². The van der Waals surface area contributed by atoms with Crippen molar-refractivity contribution in [1.29, 1.82) is 0 Å². The van der Waals surface area contributed by atoms with E-state index in [-0.39, 0.29) is 17.9 Å². The number of likely N-dealkylation sites (tertiary alicyclic amines) is 1. The van der Waals surface area contributed by atoms with Crippen molar-refractivity contribution in [2.75, 3.05) is 13.1 Å². The van der Waals surface area contributed by atoms with Gasteiger partial charge in [-0.1, -0.05) is 13.5 Å². The fraction of sp³-hybridized carbons (Fsp3) is 0.556. The zero-order chi connectivity index (χ0) is 9.84. The lowest BCUT2D eigenvalue weighted by Gasteiger charge is -2.38. The topological polar surface area (TPSA) is 49.4 Å². The molecule has 2 amide bonds. The highest BCUT2D eigenvalue weighted by molar-refractivity contribution is 5.88. The van der Waals surface area contributed by atoms with Gasteiger partial charge in [0.15, 0.2) is 0 Å². The molecule has 0 aromatic heterocycles. The second-order valence-corrected chi connectivity index (χ2v) is 3.07. The maximum absolute atomic E-state index is 11.0. The molecule has 4 nitrogen and oxygen atoms in total. The highest BCUT2D eigenvalue weighted by atomic mass is 16.2. The molecule has 0 spiro atoms. The first-order valence-corrected chi connectivity index (χ1v) is 4.38. The molecule has 1 N–H and O–H groups in total. The van der Waals surface area contributed by atoms with Crippen molar-refractivity contribution in [3.8, 4) is 0 Å². The molecule has 0 atom stereocenters. The van der Waals surface area contributed by atoms with E-state index < -0.39 is 0 Å². The van der Waals surface area contributed by atoms with Gasteiger partial charge in [0.2, 0.25) is 11.8 Å². The second kappa shape index (κ2) is 4.07. The van der Waals surface area contributed by atoms with Crippen LogP contribution in [0, 0.1) is 0 Å². The lowest BCUT2D eigenvalue weighted by Crippen LogP contribution is -2.60. The average Bonchev–Trinajstić information content (AvgIpc) is 2.08. The molecule has 1 heterocycles. The fourth-order valence-electron chi connectivity index (χ4n) is 1.21. The quantitative estimate of drug-likeness (QED) is 0.620. The van der Waals surface area contributed by atoms with Gasteiger partial charge >= 0.3 is 0 Å². The van der Waals surface area contributed by atoms with E-state index in [1.165, 1.54) is 6.08 Å². The van der Waals surface area contributed by atoms with Crippen LogP contribution in [0.25, 0.3) is 0 Å². The van der Waals surface area contributed by atoms with Crippen LogP contribution in [0.1, 0.15) is 13.3 Å². The van der Waals surface area contributed by atoms with E-state index in [1.54, 1.807) is 11.8 Å². The van der Waals surface area contributed by atoms with Crippen LogP contribution >= 0.6 is 0 Å². The molecule has 1 fully saturated rings. The molecule has 1 aliphatic rings. The van der Waals surface area contributed by atoms with E-state index in [0.29, 0.717) is 19.5 Å². The van der Waals surface area contributed by atoms with E-state index in [9.17, 15) is 9.59 Å². The Balaban J connectivity index is 2.22. The molecule has 0 saturated carbocycles. The minimum atomic E-state index is -0.0676. The normalized spacial score (nSPS) is 16.2. The third kappa shape index (κ3) is 2.31. The van der Waals surface area contributed by atoms with E-state index in [1.807, 2.05) is 0 Å². The molecule has 1 saturated heterocycles. The largest absolute Gasteiger partial charge is 0.350 e. The van der Waals surface area contributed by atoms with Crippen LogP contribution < -0.4 is 5.32 Å². The molecular formula is C9H14N2O2. The lowest BCUT2D eigenvalue weighted by molar-refractivity contribution is -0.133. The summed E-state index contributed by atoms with van der Waals surface area (Å²) >= 11 is 0. The standard InChI is InChI=1S/C9H14N2O2/c1-3-8(12)10-7-5-11(6-7)9(13)4-2/h4,7H,2-3,5-6H2,1H3,(H,10,12). The van der Waals surface area contributed by atoms with Crippen LogP contribution in [-0.2, 0) is 9.59 Å². The number of rotatable bonds is 3.